The predicted octanol–water partition coefficient (Wildman–Crippen LogP) is 3.94. The third-order valence-electron chi connectivity index (χ3n) is 6.86. The molecule has 0 radical (unpaired) electrons. The van der Waals surface area contributed by atoms with Crippen molar-refractivity contribution in [3.63, 3.8) is 0 Å². The minimum atomic E-state index is -6.58. The number of rotatable bonds is 10. The fraction of sp³-hybridized carbons (Fsp3) is 0.300. The van der Waals surface area contributed by atoms with Crippen LogP contribution in [0.1, 0.15) is 31.1 Å². The predicted molar refractivity (Wildman–Crippen MR) is 148 cm³/mol. The molecule has 1 aliphatic rings. The van der Waals surface area contributed by atoms with Crippen LogP contribution >= 0.6 is 0 Å². The lowest BCUT2D eigenvalue weighted by Crippen LogP contribution is -2.74. The lowest BCUT2D eigenvalue weighted by molar-refractivity contribution is -0.309. The normalized spacial score (nSPS) is 23.5. The molecule has 0 N–H and O–H groups in total. The van der Waals surface area contributed by atoms with E-state index in [1.54, 1.807) is 18.2 Å². The summed E-state index contributed by atoms with van der Waals surface area (Å²) in [7, 11) is -4.95. The molecule has 0 unspecified atom stereocenters. The Morgan fingerprint density at radius 1 is 0.756 bits per heavy atom. The van der Waals surface area contributed by atoms with Crippen molar-refractivity contribution in [2.45, 2.75) is 35.0 Å². The number of carbonyl (C=O) groups excluding carboxylic acids is 3. The summed E-state index contributed by atoms with van der Waals surface area (Å²) >= 11 is 0. The maximum Gasteiger partial charge on any atom is 0.500 e. The monoisotopic (exact) mass is 652 g/mol. The van der Waals surface area contributed by atoms with Gasteiger partial charge in [0.25, 0.3) is 9.84 Å². The summed E-state index contributed by atoms with van der Waals surface area (Å²) in [6, 6.07) is 21.3. The van der Waals surface area contributed by atoms with Gasteiger partial charge in [0, 0.05) is 14.2 Å². The first kappa shape index (κ1) is 33.6. The summed E-state index contributed by atoms with van der Waals surface area (Å²) in [5, 5.41) is 0. The molecule has 0 bridgehead atoms. The van der Waals surface area contributed by atoms with E-state index in [1.807, 2.05) is 0 Å². The second-order valence-electron chi connectivity index (χ2n) is 9.50. The van der Waals surface area contributed by atoms with Crippen LogP contribution in [0.4, 0.5) is 13.2 Å². The molecule has 1 fully saturated rings. The second-order valence-corrected chi connectivity index (χ2v) is 11.6. The molecular formula is C30H27F3O11S. The standard InChI is InChI=1S/C30H27F3O11S/c1-39-28-23(43-26(35)20-14-8-4-9-15-20)24(44-27(36)21-16-10-5-11-17-21)29(40-2,45(37,38)30(31,32)33)22(42-28)18-41-25(34)19-12-6-3-7-13-19/h3-17,22-24,28H,18H2,1-2H3/t22-,23-,24-,28+,29+/m1/s1. The SMILES string of the molecule is CO[C@H]1O[C@H](COC(=O)c2ccccc2)[C@](OC)(S(=O)(=O)C(F)(F)F)[C@H](OC(=O)c2ccccc2)[C@H]1OC(=O)c1ccccc1. The molecular weight excluding hydrogens is 625 g/mol. The minimum absolute atomic E-state index is 0.0139. The molecule has 4 rings (SSSR count). The summed E-state index contributed by atoms with van der Waals surface area (Å²) in [6.07, 6.45) is -8.94. The Hall–Kier alpha value is -4.31. The van der Waals surface area contributed by atoms with Crippen LogP contribution in [0.3, 0.4) is 0 Å². The number of carbonyl (C=O) groups is 3. The van der Waals surface area contributed by atoms with E-state index in [9.17, 15) is 36.0 Å². The van der Waals surface area contributed by atoms with Gasteiger partial charge in [0.05, 0.1) is 16.7 Å². The zero-order valence-corrected chi connectivity index (χ0v) is 24.5. The lowest BCUT2D eigenvalue weighted by Gasteiger charge is -2.50. The summed E-state index contributed by atoms with van der Waals surface area (Å²) in [4.78, 5) is 35.4. The fourth-order valence-corrected chi connectivity index (χ4v) is 6.24. The smallest absolute Gasteiger partial charge is 0.459 e. The molecule has 3 aromatic carbocycles. The number of halogens is 3. The number of hydrogen-bond donors (Lipinski definition) is 0. The third-order valence-corrected chi connectivity index (χ3v) is 8.97. The Morgan fingerprint density at radius 3 is 1.62 bits per heavy atom. The van der Waals surface area contributed by atoms with Gasteiger partial charge in [0.1, 0.15) is 12.7 Å². The second kappa shape index (κ2) is 13.8. The molecule has 1 aliphatic heterocycles. The average Bonchev–Trinajstić information content (AvgIpc) is 3.04. The van der Waals surface area contributed by atoms with Crippen molar-refractivity contribution >= 4 is 27.7 Å². The quantitative estimate of drug-likeness (QED) is 0.232. The third kappa shape index (κ3) is 6.71. The number of ether oxygens (including phenoxy) is 6. The van der Waals surface area contributed by atoms with E-state index in [-0.39, 0.29) is 16.7 Å². The zero-order valence-electron chi connectivity index (χ0n) is 23.7. The molecule has 0 amide bonds. The van der Waals surface area contributed by atoms with Gasteiger partial charge < -0.3 is 28.4 Å². The van der Waals surface area contributed by atoms with Crippen LogP contribution in [0.15, 0.2) is 91.0 Å². The number of alkyl halides is 3. The minimum Gasteiger partial charge on any atom is -0.459 e. The van der Waals surface area contributed by atoms with Crippen LogP contribution in [0.5, 0.6) is 0 Å². The van der Waals surface area contributed by atoms with E-state index in [4.69, 9.17) is 28.4 Å². The first-order valence-corrected chi connectivity index (χ1v) is 14.6. The molecule has 0 aliphatic carbocycles. The van der Waals surface area contributed by atoms with Crippen LogP contribution in [-0.2, 0) is 38.3 Å². The Kier molecular flexibility index (Phi) is 10.3. The highest BCUT2D eigenvalue weighted by molar-refractivity contribution is 7.93. The van der Waals surface area contributed by atoms with Crippen LogP contribution in [0.25, 0.3) is 0 Å². The van der Waals surface area contributed by atoms with E-state index in [0.29, 0.717) is 7.11 Å². The molecule has 11 nitrogen and oxygen atoms in total. The molecule has 0 spiro atoms. The van der Waals surface area contributed by atoms with Crippen LogP contribution in [-0.4, -0.2) is 82.2 Å². The molecule has 45 heavy (non-hydrogen) atoms. The van der Waals surface area contributed by atoms with Crippen molar-refractivity contribution in [1.82, 2.24) is 0 Å². The first-order chi connectivity index (χ1) is 21.4. The van der Waals surface area contributed by atoms with Crippen LogP contribution in [0.2, 0.25) is 0 Å². The van der Waals surface area contributed by atoms with Crippen molar-refractivity contribution in [1.29, 1.82) is 0 Å². The number of benzene rings is 3. The molecule has 1 heterocycles. The van der Waals surface area contributed by atoms with Gasteiger partial charge in [0.15, 0.2) is 18.5 Å². The molecule has 15 heteroatoms. The van der Waals surface area contributed by atoms with E-state index < -0.39 is 69.4 Å². The van der Waals surface area contributed by atoms with Gasteiger partial charge >= 0.3 is 23.4 Å². The van der Waals surface area contributed by atoms with Gasteiger partial charge in [-0.25, -0.2) is 22.8 Å². The van der Waals surface area contributed by atoms with Crippen molar-refractivity contribution in [3.8, 4) is 0 Å². The Labute approximate surface area is 255 Å². The molecule has 0 aromatic heterocycles. The van der Waals surface area contributed by atoms with Gasteiger partial charge in [-0.05, 0) is 36.4 Å². The van der Waals surface area contributed by atoms with Crippen molar-refractivity contribution < 1.29 is 64.4 Å². The maximum absolute atomic E-state index is 14.4. The molecule has 3 aromatic rings. The molecule has 5 atom stereocenters. The Bertz CT molecular complexity index is 1590. The highest BCUT2D eigenvalue weighted by Crippen LogP contribution is 2.46. The molecule has 1 saturated heterocycles. The topological polar surface area (TPSA) is 141 Å². The number of hydrogen-bond acceptors (Lipinski definition) is 11. The first-order valence-electron chi connectivity index (χ1n) is 13.2. The summed E-state index contributed by atoms with van der Waals surface area (Å²) < 4.78 is 102. The van der Waals surface area contributed by atoms with E-state index in [2.05, 4.69) is 0 Å². The fourth-order valence-electron chi connectivity index (χ4n) is 4.70. The number of esters is 3. The van der Waals surface area contributed by atoms with Crippen LogP contribution in [0, 0.1) is 0 Å². The number of sulfone groups is 1. The molecule has 240 valence electrons. The summed E-state index contributed by atoms with van der Waals surface area (Å²) in [6.45, 7) is -1.16. The number of methoxy groups -OCH3 is 2. The van der Waals surface area contributed by atoms with Crippen LogP contribution < -0.4 is 0 Å². The average molecular weight is 653 g/mol. The van der Waals surface area contributed by atoms with Gasteiger partial charge in [0.2, 0.25) is 4.93 Å². The summed E-state index contributed by atoms with van der Waals surface area (Å²) in [5.74, 6) is -3.48. The highest BCUT2D eigenvalue weighted by atomic mass is 32.2. The van der Waals surface area contributed by atoms with Crippen molar-refractivity contribution in [2.24, 2.45) is 0 Å². The lowest BCUT2D eigenvalue weighted by atomic mass is 9.97. The zero-order chi connectivity index (χ0) is 32.8. The van der Waals surface area contributed by atoms with E-state index >= 15 is 0 Å². The summed E-state index contributed by atoms with van der Waals surface area (Å²) in [5.41, 5.74) is -6.33. The van der Waals surface area contributed by atoms with Gasteiger partial charge in [-0.2, -0.15) is 13.2 Å². The van der Waals surface area contributed by atoms with Crippen molar-refractivity contribution in [2.75, 3.05) is 20.8 Å². The van der Waals surface area contributed by atoms with Gasteiger partial charge in [-0.1, -0.05) is 54.6 Å². The van der Waals surface area contributed by atoms with Gasteiger partial charge in [-0.15, -0.1) is 0 Å². The van der Waals surface area contributed by atoms with E-state index in [0.717, 1.165) is 7.11 Å². The Morgan fingerprint density at radius 2 is 1.20 bits per heavy atom. The highest BCUT2D eigenvalue weighted by Gasteiger charge is 2.74. The Balaban J connectivity index is 1.86. The van der Waals surface area contributed by atoms with Crippen molar-refractivity contribution in [3.05, 3.63) is 108 Å². The largest absolute Gasteiger partial charge is 0.500 e. The van der Waals surface area contributed by atoms with E-state index in [1.165, 1.54) is 72.8 Å². The van der Waals surface area contributed by atoms with Gasteiger partial charge in [-0.3, -0.25) is 0 Å². The maximum atomic E-state index is 14.4. The molecule has 0 saturated carbocycles.